The number of nitrogens with zero attached hydrogens (tertiary/aromatic N) is 3. The average molecular weight is 549 g/mol. The zero-order chi connectivity index (χ0) is 25.4. The molecule has 2 heterocycles. The van der Waals surface area contributed by atoms with Crippen LogP contribution in [0.25, 0.3) is 27.5 Å². The van der Waals surface area contributed by atoms with Crippen LogP contribution in [-0.2, 0) is 0 Å². The van der Waals surface area contributed by atoms with Crippen LogP contribution in [0.3, 0.4) is 0 Å². The fourth-order valence-corrected chi connectivity index (χ4v) is 6.48. The molecule has 0 aliphatic heterocycles. The number of hydrogen-bond acceptors (Lipinski definition) is 6. The number of ether oxygens (including phenoxy) is 1. The van der Waals surface area contributed by atoms with Gasteiger partial charge in [-0.15, -0.1) is 11.8 Å². The van der Waals surface area contributed by atoms with Gasteiger partial charge in [0.15, 0.2) is 5.69 Å². The first-order valence-electron chi connectivity index (χ1n) is 10.7. The number of thioether (sulfide) groups is 1. The van der Waals surface area contributed by atoms with Gasteiger partial charge in [-0.05, 0) is 38.1 Å². The number of aromatic nitrogens is 3. The van der Waals surface area contributed by atoms with E-state index in [4.69, 9.17) is 32.9 Å². The number of benzene rings is 2. The first-order chi connectivity index (χ1) is 16.6. The Morgan fingerprint density at radius 3 is 2.51 bits per heavy atom. The number of carbonyl (C=O) groups is 1. The summed E-state index contributed by atoms with van der Waals surface area (Å²) in [6.45, 7) is 7.91. The van der Waals surface area contributed by atoms with Crippen molar-refractivity contribution >= 4 is 52.3 Å². The maximum Gasteiger partial charge on any atom is 0.355 e. The molecule has 2 aromatic heterocycles. The normalized spacial score (nSPS) is 11.3. The molecule has 4 aromatic rings. The molecule has 4 rings (SSSR count). The van der Waals surface area contributed by atoms with Gasteiger partial charge in [0.2, 0.25) is 5.13 Å². The van der Waals surface area contributed by atoms with Gasteiger partial charge in [-0.1, -0.05) is 66.1 Å². The number of carboxylic acid groups (broad SMARTS) is 1. The zero-order valence-corrected chi connectivity index (χ0v) is 22.9. The van der Waals surface area contributed by atoms with Crippen molar-refractivity contribution < 1.29 is 14.6 Å². The van der Waals surface area contributed by atoms with Gasteiger partial charge in [-0.25, -0.2) is 9.78 Å². The second-order valence-electron chi connectivity index (χ2n) is 8.16. The summed E-state index contributed by atoms with van der Waals surface area (Å²) in [5, 5.41) is 16.5. The van der Waals surface area contributed by atoms with E-state index in [0.717, 1.165) is 15.3 Å². The molecule has 0 unspecified atom stereocenters. The SMILES string of the molecule is COc1ccc(C)cc1-c1c(C)nn(-c2nc(-c3ccc(Cl)c(Cl)c3)c(SC(C)C)s2)c1C(=O)O. The molecule has 0 amide bonds. The lowest BCUT2D eigenvalue weighted by molar-refractivity contribution is 0.0688. The van der Waals surface area contributed by atoms with Crippen LogP contribution in [0.2, 0.25) is 10.0 Å². The Kier molecular flexibility index (Phi) is 7.47. The molecule has 0 bridgehead atoms. The number of rotatable bonds is 7. The van der Waals surface area contributed by atoms with Gasteiger partial charge >= 0.3 is 5.97 Å². The van der Waals surface area contributed by atoms with Crippen molar-refractivity contribution in [3.8, 4) is 33.3 Å². The Morgan fingerprint density at radius 1 is 1.14 bits per heavy atom. The second kappa shape index (κ2) is 10.2. The lowest BCUT2D eigenvalue weighted by atomic mass is 10.00. The Morgan fingerprint density at radius 2 is 1.89 bits per heavy atom. The zero-order valence-electron chi connectivity index (χ0n) is 19.7. The van der Waals surface area contributed by atoms with E-state index in [2.05, 4.69) is 18.9 Å². The molecule has 0 spiro atoms. The highest BCUT2D eigenvalue weighted by atomic mass is 35.5. The van der Waals surface area contributed by atoms with Crippen molar-refractivity contribution in [2.75, 3.05) is 7.11 Å². The monoisotopic (exact) mass is 547 g/mol. The molecule has 0 aliphatic rings. The van der Waals surface area contributed by atoms with Crippen LogP contribution in [0.15, 0.2) is 40.6 Å². The van der Waals surface area contributed by atoms with Crippen LogP contribution >= 0.6 is 46.3 Å². The van der Waals surface area contributed by atoms with Crippen LogP contribution in [0.5, 0.6) is 5.75 Å². The third kappa shape index (κ3) is 5.07. The first-order valence-corrected chi connectivity index (χ1v) is 13.2. The number of thiazole rings is 1. The molecular weight excluding hydrogens is 525 g/mol. The lowest BCUT2D eigenvalue weighted by Crippen LogP contribution is -2.09. The summed E-state index contributed by atoms with van der Waals surface area (Å²) in [6, 6.07) is 11.0. The minimum absolute atomic E-state index is 0.0296. The third-order valence-corrected chi connectivity index (χ3v) is 8.17. The van der Waals surface area contributed by atoms with E-state index in [0.29, 0.717) is 43.4 Å². The summed E-state index contributed by atoms with van der Waals surface area (Å²) in [5.74, 6) is -0.527. The standard InChI is InChI=1S/C25H23Cl2N3O3S2/c1-12(2)34-24-21(15-7-8-17(26)18(27)11-15)28-25(35-24)30-22(23(31)32)20(14(4)29-30)16-10-13(3)6-9-19(16)33-5/h6-12H,1-5H3,(H,31,32). The van der Waals surface area contributed by atoms with Crippen LogP contribution in [0, 0.1) is 13.8 Å². The molecule has 0 saturated carbocycles. The van der Waals surface area contributed by atoms with Crippen LogP contribution < -0.4 is 4.74 Å². The Balaban J connectivity index is 1.95. The number of aryl methyl sites for hydroxylation is 2. The molecule has 0 radical (unpaired) electrons. The molecule has 0 aliphatic carbocycles. The summed E-state index contributed by atoms with van der Waals surface area (Å²) in [7, 11) is 1.56. The van der Waals surface area contributed by atoms with Crippen molar-refractivity contribution in [2.45, 2.75) is 37.2 Å². The van der Waals surface area contributed by atoms with Crippen molar-refractivity contribution in [2.24, 2.45) is 0 Å². The van der Waals surface area contributed by atoms with Crippen molar-refractivity contribution in [1.29, 1.82) is 0 Å². The molecule has 6 nitrogen and oxygen atoms in total. The summed E-state index contributed by atoms with van der Waals surface area (Å²) in [4.78, 5) is 17.4. The smallest absolute Gasteiger partial charge is 0.355 e. The van der Waals surface area contributed by atoms with E-state index < -0.39 is 5.97 Å². The summed E-state index contributed by atoms with van der Waals surface area (Å²) < 4.78 is 7.88. The molecule has 35 heavy (non-hydrogen) atoms. The number of aromatic carboxylic acids is 1. The molecule has 0 atom stereocenters. The van der Waals surface area contributed by atoms with Gasteiger partial charge in [-0.3, -0.25) is 0 Å². The van der Waals surface area contributed by atoms with E-state index in [1.165, 1.54) is 16.0 Å². The van der Waals surface area contributed by atoms with E-state index >= 15 is 0 Å². The Hall–Kier alpha value is -2.52. The van der Waals surface area contributed by atoms with Gasteiger partial charge in [0.1, 0.15) is 5.75 Å². The quantitative estimate of drug-likeness (QED) is 0.238. The second-order valence-corrected chi connectivity index (χ2v) is 11.8. The van der Waals surface area contributed by atoms with E-state index in [9.17, 15) is 9.90 Å². The van der Waals surface area contributed by atoms with Gasteiger partial charge in [0.05, 0.1) is 32.8 Å². The predicted molar refractivity (Wildman–Crippen MR) is 144 cm³/mol. The predicted octanol–water partition coefficient (Wildman–Crippen LogP) is 7.79. The van der Waals surface area contributed by atoms with Crippen LogP contribution in [0.4, 0.5) is 0 Å². The highest BCUT2D eigenvalue weighted by molar-refractivity contribution is 8.01. The fourth-order valence-electron chi connectivity index (χ4n) is 3.71. The third-order valence-electron chi connectivity index (χ3n) is 5.19. The topological polar surface area (TPSA) is 77.2 Å². The fraction of sp³-hybridized carbons (Fsp3) is 0.240. The molecule has 2 aromatic carbocycles. The average Bonchev–Trinajstić information content (AvgIpc) is 3.36. The van der Waals surface area contributed by atoms with Crippen LogP contribution in [-0.4, -0.2) is 38.2 Å². The minimum atomic E-state index is -1.10. The highest BCUT2D eigenvalue weighted by Gasteiger charge is 2.28. The minimum Gasteiger partial charge on any atom is -0.496 e. The molecule has 0 saturated heterocycles. The Bertz CT molecular complexity index is 1430. The van der Waals surface area contributed by atoms with E-state index in [-0.39, 0.29) is 10.9 Å². The van der Waals surface area contributed by atoms with Crippen molar-refractivity contribution in [3.05, 3.63) is 63.4 Å². The van der Waals surface area contributed by atoms with Crippen molar-refractivity contribution in [1.82, 2.24) is 14.8 Å². The van der Waals surface area contributed by atoms with E-state index in [1.54, 1.807) is 37.9 Å². The first kappa shape index (κ1) is 25.6. The lowest BCUT2D eigenvalue weighted by Gasteiger charge is -2.10. The summed E-state index contributed by atoms with van der Waals surface area (Å²) in [5.41, 5.74) is 4.26. The summed E-state index contributed by atoms with van der Waals surface area (Å²) in [6.07, 6.45) is 0. The summed E-state index contributed by atoms with van der Waals surface area (Å²) >= 11 is 15.4. The highest BCUT2D eigenvalue weighted by Crippen LogP contribution is 2.42. The number of hydrogen-bond donors (Lipinski definition) is 1. The van der Waals surface area contributed by atoms with E-state index in [1.807, 2.05) is 31.2 Å². The van der Waals surface area contributed by atoms with Crippen LogP contribution in [0.1, 0.15) is 35.6 Å². The molecular formula is C25H23Cl2N3O3S2. The van der Waals surface area contributed by atoms with Gasteiger partial charge in [0.25, 0.3) is 0 Å². The molecule has 0 fully saturated rings. The van der Waals surface area contributed by atoms with Gasteiger partial charge in [-0.2, -0.15) is 9.78 Å². The van der Waals surface area contributed by atoms with Gasteiger partial charge in [0, 0.05) is 21.9 Å². The maximum atomic E-state index is 12.5. The molecule has 182 valence electrons. The molecule has 10 heteroatoms. The Labute approximate surface area is 221 Å². The number of methoxy groups -OCH3 is 1. The van der Waals surface area contributed by atoms with Gasteiger partial charge < -0.3 is 9.84 Å². The maximum absolute atomic E-state index is 12.5. The number of carboxylic acids is 1. The molecule has 1 N–H and O–H groups in total. The number of halogens is 2. The largest absolute Gasteiger partial charge is 0.496 e. The van der Waals surface area contributed by atoms with Crippen molar-refractivity contribution in [3.63, 3.8) is 0 Å².